The number of rotatable bonds is 5. The minimum atomic E-state index is -0.531. The zero-order valence-corrected chi connectivity index (χ0v) is 16.5. The van der Waals surface area contributed by atoms with Crippen LogP contribution in [0.1, 0.15) is 11.1 Å². The number of nitrogens with one attached hydrogen (secondary N) is 1. The summed E-state index contributed by atoms with van der Waals surface area (Å²) in [5.41, 5.74) is 3.79. The van der Waals surface area contributed by atoms with E-state index in [9.17, 15) is 20.1 Å². The summed E-state index contributed by atoms with van der Waals surface area (Å²) < 4.78 is 0.820. The van der Waals surface area contributed by atoms with E-state index in [1.54, 1.807) is 30.3 Å². The highest BCUT2D eigenvalue weighted by Crippen LogP contribution is 2.27. The number of hydrogen-bond acceptors (Lipinski definition) is 5. The summed E-state index contributed by atoms with van der Waals surface area (Å²) in [5, 5.41) is 24.1. The zero-order valence-electron chi connectivity index (χ0n) is 16.5. The normalized spacial score (nSPS) is 11.1. The molecule has 1 amide bonds. The fourth-order valence-electron chi connectivity index (χ4n) is 3.09. The van der Waals surface area contributed by atoms with Crippen molar-refractivity contribution in [2.24, 2.45) is 0 Å². The minimum Gasteiger partial charge on any atom is -0.426 e. The van der Waals surface area contributed by atoms with Gasteiger partial charge in [0.25, 0.3) is 5.69 Å². The molecule has 8 heteroatoms. The Kier molecular flexibility index (Phi) is 5.19. The quantitative estimate of drug-likeness (QED) is 0.211. The van der Waals surface area contributed by atoms with Crippen molar-refractivity contribution in [1.82, 2.24) is 9.71 Å². The summed E-state index contributed by atoms with van der Waals surface area (Å²) in [6, 6.07) is 18.7. The first-order valence-electron chi connectivity index (χ1n) is 9.43. The van der Waals surface area contributed by atoms with Crippen molar-refractivity contribution in [3.63, 3.8) is 0 Å². The number of fused-ring (bicyclic) bond motifs is 1. The zero-order chi connectivity index (χ0) is 22.0. The van der Waals surface area contributed by atoms with Gasteiger partial charge in [-0.2, -0.15) is 4.73 Å². The number of non-ortho nitro benzene ring substituents is 1. The van der Waals surface area contributed by atoms with Crippen LogP contribution in [0.25, 0.3) is 28.5 Å². The van der Waals surface area contributed by atoms with E-state index < -0.39 is 4.92 Å². The topological polar surface area (TPSA) is 110 Å². The molecule has 1 heterocycles. The van der Waals surface area contributed by atoms with E-state index in [0.717, 1.165) is 15.9 Å². The van der Waals surface area contributed by atoms with E-state index in [0.29, 0.717) is 16.8 Å². The number of anilines is 1. The molecule has 4 aromatic rings. The van der Waals surface area contributed by atoms with Crippen molar-refractivity contribution in [2.75, 3.05) is 5.32 Å². The first kappa shape index (κ1) is 19.8. The maximum atomic E-state index is 12.2. The molecule has 0 aliphatic carbocycles. The molecule has 0 bridgehead atoms. The third-order valence-corrected chi connectivity index (χ3v) is 4.74. The number of benzene rings is 3. The number of carbonyl (C=O) groups excluding carboxylic acids is 1. The molecule has 0 saturated carbocycles. The van der Waals surface area contributed by atoms with Gasteiger partial charge in [-0.3, -0.25) is 14.9 Å². The summed E-state index contributed by atoms with van der Waals surface area (Å²) in [4.78, 5) is 26.9. The largest absolute Gasteiger partial charge is 0.426 e. The van der Waals surface area contributed by atoms with Crippen LogP contribution in [0.5, 0.6) is 0 Å². The average Bonchev–Trinajstić information content (AvgIpc) is 3.10. The first-order valence-corrected chi connectivity index (χ1v) is 9.43. The molecule has 8 nitrogen and oxygen atoms in total. The van der Waals surface area contributed by atoms with E-state index in [4.69, 9.17) is 0 Å². The van der Waals surface area contributed by atoms with Crippen molar-refractivity contribution >= 4 is 34.4 Å². The van der Waals surface area contributed by atoms with Crippen LogP contribution in [0.15, 0.2) is 72.8 Å². The molecule has 0 aliphatic rings. The SMILES string of the molecule is Cc1ccc(/C=C/C(=O)Nc2ccc(-c3nc4ccc([N+](=O)[O-])cc4n3O)cc2)cc1. The molecule has 0 unspecified atom stereocenters. The van der Waals surface area contributed by atoms with Gasteiger partial charge in [-0.05, 0) is 48.9 Å². The number of nitrogens with zero attached hydrogens (tertiary/aromatic N) is 3. The first-order chi connectivity index (χ1) is 14.9. The highest BCUT2D eigenvalue weighted by atomic mass is 16.6. The Morgan fingerprint density at radius 2 is 1.81 bits per heavy atom. The van der Waals surface area contributed by atoms with Crippen molar-refractivity contribution in [3.8, 4) is 11.4 Å². The van der Waals surface area contributed by atoms with Gasteiger partial charge in [-0.15, -0.1) is 0 Å². The molecular weight excluding hydrogens is 396 g/mol. The number of imidazole rings is 1. The van der Waals surface area contributed by atoms with Gasteiger partial charge in [0, 0.05) is 29.5 Å². The van der Waals surface area contributed by atoms with Gasteiger partial charge in [0.05, 0.1) is 10.4 Å². The van der Waals surface area contributed by atoms with E-state index in [1.807, 2.05) is 31.2 Å². The molecule has 1 aromatic heterocycles. The lowest BCUT2D eigenvalue weighted by atomic mass is 10.1. The highest BCUT2D eigenvalue weighted by Gasteiger charge is 2.15. The summed E-state index contributed by atoms with van der Waals surface area (Å²) in [5.74, 6) is -0.0253. The lowest BCUT2D eigenvalue weighted by Crippen LogP contribution is -2.07. The second kappa shape index (κ2) is 8.11. The molecule has 2 N–H and O–H groups in total. The lowest BCUT2D eigenvalue weighted by Gasteiger charge is -2.05. The second-order valence-electron chi connectivity index (χ2n) is 6.99. The Morgan fingerprint density at radius 1 is 1.10 bits per heavy atom. The maximum Gasteiger partial charge on any atom is 0.271 e. The number of amides is 1. The van der Waals surface area contributed by atoms with E-state index in [1.165, 1.54) is 24.3 Å². The molecule has 154 valence electrons. The van der Waals surface area contributed by atoms with Gasteiger partial charge in [0.15, 0.2) is 5.82 Å². The minimum absolute atomic E-state index is 0.133. The van der Waals surface area contributed by atoms with Crippen LogP contribution in [0.4, 0.5) is 11.4 Å². The maximum absolute atomic E-state index is 12.2. The Hall–Kier alpha value is -4.46. The molecule has 3 aromatic carbocycles. The average molecular weight is 414 g/mol. The molecule has 4 rings (SSSR count). The van der Waals surface area contributed by atoms with Crippen molar-refractivity contribution < 1.29 is 14.9 Å². The van der Waals surface area contributed by atoms with E-state index >= 15 is 0 Å². The molecule has 0 atom stereocenters. The molecular formula is C23H18N4O4. The van der Waals surface area contributed by atoms with Crippen LogP contribution in [0, 0.1) is 17.0 Å². The smallest absolute Gasteiger partial charge is 0.271 e. The van der Waals surface area contributed by atoms with Crippen LogP contribution in [0.3, 0.4) is 0 Å². The van der Waals surface area contributed by atoms with Gasteiger partial charge < -0.3 is 10.5 Å². The summed E-state index contributed by atoms with van der Waals surface area (Å²) in [6.45, 7) is 2.00. The number of nitro groups is 1. The van der Waals surface area contributed by atoms with Crippen LogP contribution in [-0.4, -0.2) is 25.8 Å². The third kappa shape index (κ3) is 4.27. The monoisotopic (exact) mass is 414 g/mol. The Bertz CT molecular complexity index is 1310. The lowest BCUT2D eigenvalue weighted by molar-refractivity contribution is -0.384. The van der Waals surface area contributed by atoms with Gasteiger partial charge in [0.1, 0.15) is 5.52 Å². The molecule has 31 heavy (non-hydrogen) atoms. The molecule has 0 saturated heterocycles. The van der Waals surface area contributed by atoms with Crippen LogP contribution in [0.2, 0.25) is 0 Å². The third-order valence-electron chi connectivity index (χ3n) is 4.74. The second-order valence-corrected chi connectivity index (χ2v) is 6.99. The Morgan fingerprint density at radius 3 is 2.48 bits per heavy atom. The van der Waals surface area contributed by atoms with Crippen molar-refractivity contribution in [1.29, 1.82) is 0 Å². The Labute approximate surface area is 177 Å². The molecule has 0 radical (unpaired) electrons. The van der Waals surface area contributed by atoms with Crippen LogP contribution >= 0.6 is 0 Å². The van der Waals surface area contributed by atoms with Crippen molar-refractivity contribution in [2.45, 2.75) is 6.92 Å². The predicted octanol–water partition coefficient (Wildman–Crippen LogP) is 4.81. The number of nitro benzene ring substituents is 1. The van der Waals surface area contributed by atoms with E-state index in [2.05, 4.69) is 10.3 Å². The van der Waals surface area contributed by atoms with Gasteiger partial charge in [-0.1, -0.05) is 29.8 Å². The van der Waals surface area contributed by atoms with Crippen LogP contribution < -0.4 is 5.32 Å². The van der Waals surface area contributed by atoms with Gasteiger partial charge in [0.2, 0.25) is 5.91 Å². The van der Waals surface area contributed by atoms with Gasteiger partial charge in [-0.25, -0.2) is 4.98 Å². The number of carbonyl (C=O) groups is 1. The number of hydrogen-bond donors (Lipinski definition) is 2. The number of aryl methyl sites for hydroxylation is 1. The van der Waals surface area contributed by atoms with Crippen molar-refractivity contribution in [3.05, 3.63) is 94.0 Å². The predicted molar refractivity (Wildman–Crippen MR) is 118 cm³/mol. The summed E-state index contributed by atoms with van der Waals surface area (Å²) in [7, 11) is 0. The Balaban J connectivity index is 1.50. The highest BCUT2D eigenvalue weighted by molar-refractivity contribution is 6.02. The molecule has 0 aliphatic heterocycles. The van der Waals surface area contributed by atoms with Gasteiger partial charge >= 0.3 is 0 Å². The van der Waals surface area contributed by atoms with E-state index in [-0.39, 0.29) is 22.9 Å². The standard InChI is InChI=1S/C23H18N4O4/c1-15-2-4-16(5-3-15)6-13-22(28)24-18-9-7-17(8-10-18)23-25-20-12-11-19(27(30)31)14-21(20)26(23)29/h2-14,29H,1H3,(H,24,28)/b13-6+. The molecule has 0 spiro atoms. The fraction of sp³-hybridized carbons (Fsp3) is 0.0435. The number of aromatic nitrogens is 2. The summed E-state index contributed by atoms with van der Waals surface area (Å²) in [6.07, 6.45) is 3.19. The summed E-state index contributed by atoms with van der Waals surface area (Å²) >= 11 is 0. The fourth-order valence-corrected chi connectivity index (χ4v) is 3.09. The van der Waals surface area contributed by atoms with Crippen LogP contribution in [-0.2, 0) is 4.79 Å². The molecule has 0 fully saturated rings.